The fourth-order valence-electron chi connectivity index (χ4n) is 3.20. The topological polar surface area (TPSA) is 84.4 Å². The van der Waals surface area contributed by atoms with Crippen molar-refractivity contribution in [2.45, 2.75) is 31.5 Å². The second-order valence-electron chi connectivity index (χ2n) is 6.04. The number of likely N-dealkylation sites (tertiary alicyclic amines) is 1. The second kappa shape index (κ2) is 7.06. The molecule has 1 aliphatic heterocycles. The van der Waals surface area contributed by atoms with Crippen LogP contribution in [0.5, 0.6) is 0 Å². The Bertz CT molecular complexity index is 704. The minimum Gasteiger partial charge on any atom is -0.390 e. The van der Waals surface area contributed by atoms with E-state index in [1.807, 2.05) is 0 Å². The lowest BCUT2D eigenvalue weighted by atomic mass is 10.0. The average molecular weight is 334 g/mol. The molecule has 128 valence electrons. The number of nitrogens with zero attached hydrogens (tertiary/aromatic N) is 4. The van der Waals surface area contributed by atoms with Crippen LogP contribution in [0.25, 0.3) is 0 Å². The van der Waals surface area contributed by atoms with Crippen molar-refractivity contribution in [3.05, 3.63) is 58.2 Å². The Morgan fingerprint density at radius 3 is 2.79 bits per heavy atom. The van der Waals surface area contributed by atoms with E-state index in [1.165, 1.54) is 29.2 Å². The summed E-state index contributed by atoms with van der Waals surface area (Å²) >= 11 is 0. The maximum atomic E-state index is 13.1. The lowest BCUT2D eigenvalue weighted by Gasteiger charge is -2.27. The summed E-state index contributed by atoms with van der Waals surface area (Å²) in [5.74, 6) is -0.261. The van der Waals surface area contributed by atoms with Crippen LogP contribution in [0.3, 0.4) is 0 Å². The van der Waals surface area contributed by atoms with Gasteiger partial charge in [0.2, 0.25) is 0 Å². The summed E-state index contributed by atoms with van der Waals surface area (Å²) in [5, 5.41) is 24.8. The van der Waals surface area contributed by atoms with Crippen molar-refractivity contribution in [3.63, 3.8) is 0 Å². The zero-order chi connectivity index (χ0) is 17.1. The number of hydrogen-bond acceptors (Lipinski definition) is 5. The average Bonchev–Trinajstić information content (AvgIpc) is 3.17. The number of aliphatic hydroxyl groups excluding tert-OH is 1. The van der Waals surface area contributed by atoms with Gasteiger partial charge in [0.1, 0.15) is 18.2 Å². The number of nitro groups is 1. The van der Waals surface area contributed by atoms with Crippen molar-refractivity contribution in [2.75, 3.05) is 13.1 Å². The molecule has 0 aliphatic carbocycles. The monoisotopic (exact) mass is 334 g/mol. The summed E-state index contributed by atoms with van der Waals surface area (Å²) in [6, 6.07) is 6.62. The molecule has 2 atom stereocenters. The Kier molecular flexibility index (Phi) is 4.86. The summed E-state index contributed by atoms with van der Waals surface area (Å²) < 4.78 is 14.5. The van der Waals surface area contributed by atoms with Crippen molar-refractivity contribution in [1.82, 2.24) is 14.7 Å². The van der Waals surface area contributed by atoms with Crippen LogP contribution in [-0.2, 0) is 6.54 Å². The Hall–Kier alpha value is -2.32. The molecule has 1 aromatic heterocycles. The van der Waals surface area contributed by atoms with Crippen LogP contribution in [0.15, 0.2) is 36.7 Å². The molecule has 1 N–H and O–H groups in total. The third-order valence-electron chi connectivity index (χ3n) is 4.29. The smallest absolute Gasteiger partial charge is 0.306 e. The molecular formula is C16H19FN4O3. The number of β-amino-alcohol motifs (C(OH)–C–C–N with tert-alkyl or cyclic N) is 1. The third kappa shape index (κ3) is 3.77. The fraction of sp³-hybridized carbons (Fsp3) is 0.438. The van der Waals surface area contributed by atoms with Gasteiger partial charge in [-0.2, -0.15) is 5.10 Å². The lowest BCUT2D eigenvalue weighted by Crippen LogP contribution is -2.34. The Morgan fingerprint density at radius 2 is 2.12 bits per heavy atom. The molecule has 1 aliphatic rings. The zero-order valence-electron chi connectivity index (χ0n) is 13.1. The standard InChI is InChI=1S/C16H19FN4O3/c17-13-5-3-12(4-6-13)16-2-1-7-19(16)10-15(22)11-20-9-14(8-18-20)21(23)24/h3-6,8-9,15-16,22H,1-2,7,10-11H2. The van der Waals surface area contributed by atoms with Gasteiger partial charge < -0.3 is 5.11 Å². The normalized spacial score (nSPS) is 19.5. The predicted octanol–water partition coefficient (Wildman–Crippen LogP) is 2.13. The summed E-state index contributed by atoms with van der Waals surface area (Å²) in [6.07, 6.45) is 3.77. The molecule has 1 aromatic carbocycles. The molecule has 2 aromatic rings. The Labute approximate surface area is 138 Å². The molecular weight excluding hydrogens is 315 g/mol. The molecule has 0 bridgehead atoms. The van der Waals surface area contributed by atoms with E-state index >= 15 is 0 Å². The number of rotatable bonds is 6. The van der Waals surface area contributed by atoms with Gasteiger partial charge in [0.15, 0.2) is 0 Å². The number of benzene rings is 1. The Balaban J connectivity index is 1.61. The molecule has 1 saturated heterocycles. The van der Waals surface area contributed by atoms with Gasteiger partial charge in [0.25, 0.3) is 0 Å². The highest BCUT2D eigenvalue weighted by molar-refractivity contribution is 5.21. The van der Waals surface area contributed by atoms with E-state index in [4.69, 9.17) is 0 Å². The van der Waals surface area contributed by atoms with Gasteiger partial charge in [-0.25, -0.2) is 4.39 Å². The fourth-order valence-corrected chi connectivity index (χ4v) is 3.20. The van der Waals surface area contributed by atoms with E-state index in [-0.39, 0.29) is 24.1 Å². The highest BCUT2D eigenvalue weighted by Crippen LogP contribution is 2.32. The van der Waals surface area contributed by atoms with Gasteiger partial charge in [-0.1, -0.05) is 12.1 Å². The van der Waals surface area contributed by atoms with Gasteiger partial charge >= 0.3 is 5.69 Å². The molecule has 1 fully saturated rings. The van der Waals surface area contributed by atoms with Gasteiger partial charge in [-0.05, 0) is 37.1 Å². The molecule has 3 rings (SSSR count). The minimum absolute atomic E-state index is 0.0902. The van der Waals surface area contributed by atoms with Gasteiger partial charge in [0.05, 0.1) is 17.6 Å². The van der Waals surface area contributed by atoms with Crippen LogP contribution >= 0.6 is 0 Å². The van der Waals surface area contributed by atoms with Crippen LogP contribution < -0.4 is 0 Å². The van der Waals surface area contributed by atoms with Crippen molar-refractivity contribution >= 4 is 5.69 Å². The molecule has 0 amide bonds. The second-order valence-corrected chi connectivity index (χ2v) is 6.04. The van der Waals surface area contributed by atoms with Gasteiger partial charge in [-0.15, -0.1) is 0 Å². The van der Waals surface area contributed by atoms with E-state index in [9.17, 15) is 19.6 Å². The van der Waals surface area contributed by atoms with Crippen molar-refractivity contribution < 1.29 is 14.4 Å². The molecule has 2 unspecified atom stereocenters. The van der Waals surface area contributed by atoms with E-state index < -0.39 is 11.0 Å². The van der Waals surface area contributed by atoms with Crippen LogP contribution in [-0.4, -0.2) is 43.9 Å². The summed E-state index contributed by atoms with van der Waals surface area (Å²) in [6.45, 7) is 1.49. The van der Waals surface area contributed by atoms with E-state index in [2.05, 4.69) is 10.00 Å². The van der Waals surface area contributed by atoms with Crippen molar-refractivity contribution in [2.24, 2.45) is 0 Å². The molecule has 24 heavy (non-hydrogen) atoms. The molecule has 0 radical (unpaired) electrons. The van der Waals surface area contributed by atoms with Crippen LogP contribution in [0.1, 0.15) is 24.4 Å². The number of hydrogen-bond donors (Lipinski definition) is 1. The van der Waals surface area contributed by atoms with Gasteiger partial charge in [0, 0.05) is 12.6 Å². The first-order chi connectivity index (χ1) is 11.5. The first-order valence-corrected chi connectivity index (χ1v) is 7.87. The quantitative estimate of drug-likeness (QED) is 0.646. The Morgan fingerprint density at radius 1 is 1.38 bits per heavy atom. The largest absolute Gasteiger partial charge is 0.390 e. The molecule has 7 nitrogen and oxygen atoms in total. The maximum Gasteiger partial charge on any atom is 0.306 e. The van der Waals surface area contributed by atoms with Crippen LogP contribution in [0.2, 0.25) is 0 Å². The highest BCUT2D eigenvalue weighted by atomic mass is 19.1. The third-order valence-corrected chi connectivity index (χ3v) is 4.29. The number of aromatic nitrogens is 2. The lowest BCUT2D eigenvalue weighted by molar-refractivity contribution is -0.385. The van der Waals surface area contributed by atoms with E-state index in [1.54, 1.807) is 12.1 Å². The molecule has 8 heteroatoms. The van der Waals surface area contributed by atoms with Crippen LogP contribution in [0, 0.1) is 15.9 Å². The number of halogens is 1. The predicted molar refractivity (Wildman–Crippen MR) is 84.8 cm³/mol. The molecule has 2 heterocycles. The maximum absolute atomic E-state index is 13.1. The highest BCUT2D eigenvalue weighted by Gasteiger charge is 2.27. The summed E-state index contributed by atoms with van der Waals surface area (Å²) in [7, 11) is 0. The molecule has 0 spiro atoms. The first-order valence-electron chi connectivity index (χ1n) is 7.87. The minimum atomic E-state index is -0.689. The zero-order valence-corrected chi connectivity index (χ0v) is 13.1. The van der Waals surface area contributed by atoms with Gasteiger partial charge in [-0.3, -0.25) is 19.7 Å². The summed E-state index contributed by atoms with van der Waals surface area (Å²) in [5.41, 5.74) is 0.948. The first kappa shape index (κ1) is 16.5. The van der Waals surface area contributed by atoms with E-state index in [0.29, 0.717) is 6.54 Å². The van der Waals surface area contributed by atoms with Crippen molar-refractivity contribution in [1.29, 1.82) is 0 Å². The van der Waals surface area contributed by atoms with Crippen LogP contribution in [0.4, 0.5) is 10.1 Å². The molecule has 0 saturated carbocycles. The number of aliphatic hydroxyl groups is 1. The summed E-state index contributed by atoms with van der Waals surface area (Å²) in [4.78, 5) is 12.3. The van der Waals surface area contributed by atoms with E-state index in [0.717, 1.165) is 24.9 Å². The van der Waals surface area contributed by atoms with Crippen molar-refractivity contribution in [3.8, 4) is 0 Å². The SMILES string of the molecule is O=[N+]([O-])c1cnn(CC(O)CN2CCCC2c2ccc(F)cc2)c1.